The van der Waals surface area contributed by atoms with Crippen LogP contribution in [0.4, 0.5) is 5.69 Å². The molecule has 4 N–H and O–H groups in total. The maximum absolute atomic E-state index is 9.07. The standard InChI is InChI=1S/C13H22N2O2/c1-10(16)9-15-7-3-4-11-5-6-13(17-2)12(14)8-11/h5-6,8,10,15-16H,3-4,7,9,14H2,1-2H3. The molecule has 4 heteroatoms. The molecule has 0 bridgehead atoms. The quantitative estimate of drug-likeness (QED) is 0.493. The molecule has 0 heterocycles. The van der Waals surface area contributed by atoms with Crippen LogP contribution in [-0.4, -0.2) is 31.4 Å². The van der Waals surface area contributed by atoms with E-state index in [-0.39, 0.29) is 6.10 Å². The van der Waals surface area contributed by atoms with Gasteiger partial charge in [0.1, 0.15) is 5.75 Å². The van der Waals surface area contributed by atoms with E-state index in [1.54, 1.807) is 14.0 Å². The second kappa shape index (κ2) is 7.14. The molecule has 0 spiro atoms. The average molecular weight is 238 g/mol. The van der Waals surface area contributed by atoms with Crippen molar-refractivity contribution in [1.29, 1.82) is 0 Å². The third kappa shape index (κ3) is 5.06. The number of hydrogen-bond donors (Lipinski definition) is 3. The van der Waals surface area contributed by atoms with Gasteiger partial charge in [-0.3, -0.25) is 0 Å². The van der Waals surface area contributed by atoms with E-state index < -0.39 is 0 Å². The van der Waals surface area contributed by atoms with Crippen LogP contribution in [0.15, 0.2) is 18.2 Å². The minimum absolute atomic E-state index is 0.286. The SMILES string of the molecule is COc1ccc(CCCNCC(C)O)cc1N. The lowest BCUT2D eigenvalue weighted by Gasteiger charge is -2.08. The highest BCUT2D eigenvalue weighted by molar-refractivity contribution is 5.54. The van der Waals surface area contributed by atoms with Crippen LogP contribution in [0.5, 0.6) is 5.75 Å². The molecule has 0 aromatic heterocycles. The maximum atomic E-state index is 9.07. The van der Waals surface area contributed by atoms with Gasteiger partial charge in [-0.2, -0.15) is 0 Å². The summed E-state index contributed by atoms with van der Waals surface area (Å²) < 4.78 is 5.10. The maximum Gasteiger partial charge on any atom is 0.141 e. The van der Waals surface area contributed by atoms with Gasteiger partial charge in [0.25, 0.3) is 0 Å². The van der Waals surface area contributed by atoms with Gasteiger partial charge in [0.15, 0.2) is 0 Å². The Balaban J connectivity index is 2.30. The molecule has 1 aromatic rings. The monoisotopic (exact) mass is 238 g/mol. The summed E-state index contributed by atoms with van der Waals surface area (Å²) in [6.07, 6.45) is 1.71. The van der Waals surface area contributed by atoms with E-state index in [9.17, 15) is 0 Å². The Bertz CT molecular complexity index is 340. The van der Waals surface area contributed by atoms with Gasteiger partial charge in [-0.05, 0) is 44.0 Å². The number of nitrogens with one attached hydrogen (secondary N) is 1. The van der Waals surface area contributed by atoms with Gasteiger partial charge in [-0.1, -0.05) is 6.07 Å². The van der Waals surface area contributed by atoms with E-state index in [1.807, 2.05) is 18.2 Å². The fourth-order valence-electron chi connectivity index (χ4n) is 1.67. The first-order valence-electron chi connectivity index (χ1n) is 5.94. The Morgan fingerprint density at radius 3 is 2.82 bits per heavy atom. The summed E-state index contributed by atoms with van der Waals surface area (Å²) in [7, 11) is 1.62. The Morgan fingerprint density at radius 1 is 1.47 bits per heavy atom. The first kappa shape index (κ1) is 13.8. The summed E-state index contributed by atoms with van der Waals surface area (Å²) >= 11 is 0. The normalized spacial score (nSPS) is 12.4. The molecule has 0 aliphatic heterocycles. The number of benzene rings is 1. The number of anilines is 1. The molecule has 4 nitrogen and oxygen atoms in total. The van der Waals surface area contributed by atoms with Gasteiger partial charge < -0.3 is 20.9 Å². The Hall–Kier alpha value is -1.26. The summed E-state index contributed by atoms with van der Waals surface area (Å²) in [5.74, 6) is 0.723. The predicted molar refractivity (Wildman–Crippen MR) is 70.3 cm³/mol. The van der Waals surface area contributed by atoms with E-state index >= 15 is 0 Å². The fourth-order valence-corrected chi connectivity index (χ4v) is 1.67. The molecule has 0 fully saturated rings. The van der Waals surface area contributed by atoms with Crippen molar-refractivity contribution in [2.75, 3.05) is 25.9 Å². The Labute approximate surface area is 103 Å². The first-order valence-corrected chi connectivity index (χ1v) is 5.94. The molecule has 1 rings (SSSR count). The van der Waals surface area contributed by atoms with Crippen LogP contribution < -0.4 is 15.8 Å². The van der Waals surface area contributed by atoms with E-state index in [4.69, 9.17) is 15.6 Å². The summed E-state index contributed by atoms with van der Waals surface area (Å²) in [5, 5.41) is 12.3. The second-order valence-corrected chi connectivity index (χ2v) is 4.23. The zero-order valence-electron chi connectivity index (χ0n) is 10.6. The molecule has 0 radical (unpaired) electrons. The van der Waals surface area contributed by atoms with Crippen LogP contribution >= 0.6 is 0 Å². The highest BCUT2D eigenvalue weighted by Crippen LogP contribution is 2.22. The van der Waals surface area contributed by atoms with Crippen molar-refractivity contribution < 1.29 is 9.84 Å². The zero-order chi connectivity index (χ0) is 12.7. The zero-order valence-corrected chi connectivity index (χ0v) is 10.6. The highest BCUT2D eigenvalue weighted by atomic mass is 16.5. The number of hydrogen-bond acceptors (Lipinski definition) is 4. The molecule has 0 aliphatic rings. The molecule has 1 atom stereocenters. The average Bonchev–Trinajstić information content (AvgIpc) is 2.28. The molecule has 17 heavy (non-hydrogen) atoms. The van der Waals surface area contributed by atoms with Crippen molar-refractivity contribution in [3.05, 3.63) is 23.8 Å². The Kier molecular flexibility index (Phi) is 5.80. The van der Waals surface area contributed by atoms with Crippen molar-refractivity contribution in [2.24, 2.45) is 0 Å². The number of aliphatic hydroxyl groups excluding tert-OH is 1. The lowest BCUT2D eigenvalue weighted by atomic mass is 10.1. The van der Waals surface area contributed by atoms with Gasteiger partial charge >= 0.3 is 0 Å². The number of ether oxygens (including phenoxy) is 1. The molecule has 0 saturated carbocycles. The van der Waals surface area contributed by atoms with E-state index in [0.717, 1.165) is 25.1 Å². The van der Waals surface area contributed by atoms with Crippen LogP contribution in [-0.2, 0) is 6.42 Å². The van der Waals surface area contributed by atoms with Crippen molar-refractivity contribution in [3.63, 3.8) is 0 Å². The van der Waals surface area contributed by atoms with Crippen LogP contribution in [0.25, 0.3) is 0 Å². The number of aliphatic hydroxyl groups is 1. The van der Waals surface area contributed by atoms with E-state index in [2.05, 4.69) is 5.32 Å². The second-order valence-electron chi connectivity index (χ2n) is 4.23. The van der Waals surface area contributed by atoms with Crippen molar-refractivity contribution in [1.82, 2.24) is 5.32 Å². The first-order chi connectivity index (χ1) is 8.13. The van der Waals surface area contributed by atoms with Gasteiger partial charge in [0.2, 0.25) is 0 Å². The summed E-state index contributed by atoms with van der Waals surface area (Å²) in [6.45, 7) is 3.32. The lowest BCUT2D eigenvalue weighted by molar-refractivity contribution is 0.191. The largest absolute Gasteiger partial charge is 0.495 e. The van der Waals surface area contributed by atoms with Crippen LogP contribution in [0.2, 0.25) is 0 Å². The van der Waals surface area contributed by atoms with E-state index in [0.29, 0.717) is 12.2 Å². The van der Waals surface area contributed by atoms with Crippen LogP contribution in [0.1, 0.15) is 18.9 Å². The van der Waals surface area contributed by atoms with Gasteiger partial charge in [-0.25, -0.2) is 0 Å². The third-order valence-corrected chi connectivity index (χ3v) is 2.55. The topological polar surface area (TPSA) is 67.5 Å². The van der Waals surface area contributed by atoms with Gasteiger partial charge in [0.05, 0.1) is 18.9 Å². The molecular weight excluding hydrogens is 216 g/mol. The van der Waals surface area contributed by atoms with Crippen LogP contribution in [0.3, 0.4) is 0 Å². The molecule has 1 aromatic carbocycles. The number of aryl methyl sites for hydroxylation is 1. The molecule has 0 saturated heterocycles. The minimum Gasteiger partial charge on any atom is -0.495 e. The number of nitrogens with two attached hydrogens (primary N) is 1. The third-order valence-electron chi connectivity index (χ3n) is 2.55. The predicted octanol–water partition coefficient (Wildman–Crippen LogP) is 1.18. The number of methoxy groups -OCH3 is 1. The summed E-state index contributed by atoms with van der Waals surface area (Å²) in [4.78, 5) is 0. The van der Waals surface area contributed by atoms with Crippen molar-refractivity contribution in [2.45, 2.75) is 25.9 Å². The fraction of sp³-hybridized carbons (Fsp3) is 0.538. The highest BCUT2D eigenvalue weighted by Gasteiger charge is 2.00. The van der Waals surface area contributed by atoms with Crippen molar-refractivity contribution in [3.8, 4) is 5.75 Å². The number of rotatable bonds is 7. The smallest absolute Gasteiger partial charge is 0.141 e. The molecule has 96 valence electrons. The minimum atomic E-state index is -0.286. The molecule has 0 amide bonds. The van der Waals surface area contributed by atoms with Crippen molar-refractivity contribution >= 4 is 5.69 Å². The Morgan fingerprint density at radius 2 is 2.24 bits per heavy atom. The van der Waals surface area contributed by atoms with Gasteiger partial charge in [0, 0.05) is 6.54 Å². The molecular formula is C13H22N2O2. The summed E-state index contributed by atoms with van der Waals surface area (Å²) in [6, 6.07) is 5.88. The molecule has 1 unspecified atom stereocenters. The number of nitrogen functional groups attached to an aromatic ring is 1. The lowest BCUT2D eigenvalue weighted by Crippen LogP contribution is -2.25. The summed E-state index contributed by atoms with van der Waals surface area (Å²) in [5.41, 5.74) is 7.72. The molecule has 0 aliphatic carbocycles. The van der Waals surface area contributed by atoms with E-state index in [1.165, 1.54) is 5.56 Å². The van der Waals surface area contributed by atoms with Gasteiger partial charge in [-0.15, -0.1) is 0 Å². The van der Waals surface area contributed by atoms with Crippen LogP contribution in [0, 0.1) is 0 Å².